The van der Waals surface area contributed by atoms with Gasteiger partial charge in [0.1, 0.15) is 23.4 Å². The van der Waals surface area contributed by atoms with E-state index in [1.807, 2.05) is 11.8 Å². The summed E-state index contributed by atoms with van der Waals surface area (Å²) >= 11 is 0. The molecule has 0 N–H and O–H groups in total. The van der Waals surface area contributed by atoms with Gasteiger partial charge in [-0.05, 0) is 31.0 Å². The highest BCUT2D eigenvalue weighted by atomic mass is 16.5. The zero-order valence-corrected chi connectivity index (χ0v) is 18.2. The summed E-state index contributed by atoms with van der Waals surface area (Å²) in [5, 5.41) is 0. The molecule has 1 atom stereocenters. The Balaban J connectivity index is 1.75. The number of carbonyl (C=O) groups excluding carboxylic acids is 3. The number of hydrogen-bond donors (Lipinski definition) is 0. The van der Waals surface area contributed by atoms with Crippen molar-refractivity contribution < 1.29 is 23.9 Å². The number of ether oxygens (including phenoxy) is 2. The van der Waals surface area contributed by atoms with Crippen LogP contribution in [-0.2, 0) is 9.59 Å². The van der Waals surface area contributed by atoms with Crippen molar-refractivity contribution in [3.05, 3.63) is 23.8 Å². The van der Waals surface area contributed by atoms with Crippen LogP contribution in [0.3, 0.4) is 0 Å². The Kier molecular flexibility index (Phi) is 7.34. The highest BCUT2D eigenvalue weighted by Crippen LogP contribution is 2.30. The summed E-state index contributed by atoms with van der Waals surface area (Å²) in [6.07, 6.45) is 3.58. The van der Waals surface area contributed by atoms with Crippen molar-refractivity contribution in [3.63, 3.8) is 0 Å². The molecule has 7 heteroatoms. The second kappa shape index (κ2) is 9.96. The summed E-state index contributed by atoms with van der Waals surface area (Å²) < 4.78 is 11.5. The third-order valence-electron chi connectivity index (χ3n) is 6.11. The summed E-state index contributed by atoms with van der Waals surface area (Å²) in [6, 6.07) is 5.28. The molecule has 2 heterocycles. The van der Waals surface area contributed by atoms with Crippen LogP contribution in [0.25, 0.3) is 0 Å². The Morgan fingerprint density at radius 2 is 1.80 bits per heavy atom. The standard InChI is InChI=1S/C23H32N2O5/c1-4-21(27)17-6-5-11-25(15-17)23(28)20-14-19(29-3)7-8-22(20)30-18-9-12-24(13-10-18)16(2)26/h7-8,14,17-18H,4-6,9-13,15H2,1-3H3/t17-/m1/s1. The summed E-state index contributed by atoms with van der Waals surface area (Å²) in [5.74, 6) is 1.21. The van der Waals surface area contributed by atoms with E-state index in [-0.39, 0.29) is 29.6 Å². The molecule has 2 aliphatic rings. The van der Waals surface area contributed by atoms with Crippen molar-refractivity contribution in [2.24, 2.45) is 5.92 Å². The van der Waals surface area contributed by atoms with Crippen molar-refractivity contribution in [2.45, 2.75) is 52.1 Å². The fraction of sp³-hybridized carbons (Fsp3) is 0.609. The molecule has 30 heavy (non-hydrogen) atoms. The van der Waals surface area contributed by atoms with E-state index in [2.05, 4.69) is 0 Å². The molecule has 0 spiro atoms. The van der Waals surface area contributed by atoms with Crippen LogP contribution in [0.2, 0.25) is 0 Å². The second-order valence-electron chi connectivity index (χ2n) is 8.10. The largest absolute Gasteiger partial charge is 0.497 e. The number of rotatable bonds is 6. The van der Waals surface area contributed by atoms with Crippen LogP contribution in [-0.4, -0.2) is 66.8 Å². The van der Waals surface area contributed by atoms with Crippen molar-refractivity contribution in [1.82, 2.24) is 9.80 Å². The van der Waals surface area contributed by atoms with Crippen molar-refractivity contribution >= 4 is 17.6 Å². The lowest BCUT2D eigenvalue weighted by atomic mass is 9.92. The van der Waals surface area contributed by atoms with E-state index in [0.717, 1.165) is 25.7 Å². The van der Waals surface area contributed by atoms with Crippen molar-refractivity contribution in [2.75, 3.05) is 33.3 Å². The van der Waals surface area contributed by atoms with Gasteiger partial charge in [0, 0.05) is 58.3 Å². The Morgan fingerprint density at radius 1 is 1.07 bits per heavy atom. The molecule has 1 aromatic carbocycles. The number of benzene rings is 1. The molecule has 0 saturated carbocycles. The maximum Gasteiger partial charge on any atom is 0.257 e. The van der Waals surface area contributed by atoms with Gasteiger partial charge in [-0.25, -0.2) is 0 Å². The molecule has 3 rings (SSSR count). The quantitative estimate of drug-likeness (QED) is 0.713. The molecule has 1 aromatic rings. The van der Waals surface area contributed by atoms with Crippen LogP contribution in [0, 0.1) is 5.92 Å². The van der Waals surface area contributed by atoms with Gasteiger partial charge in [0.25, 0.3) is 5.91 Å². The summed E-state index contributed by atoms with van der Waals surface area (Å²) in [6.45, 7) is 5.86. The zero-order valence-electron chi connectivity index (χ0n) is 18.2. The smallest absolute Gasteiger partial charge is 0.257 e. The Morgan fingerprint density at radius 3 is 2.43 bits per heavy atom. The van der Waals surface area contributed by atoms with Crippen LogP contribution >= 0.6 is 0 Å². The molecule has 0 aliphatic carbocycles. The minimum Gasteiger partial charge on any atom is -0.497 e. The number of likely N-dealkylation sites (tertiary alicyclic amines) is 2. The number of Topliss-reactive ketones (excluding diaryl/α,β-unsaturated/α-hetero) is 1. The number of carbonyl (C=O) groups is 3. The van der Waals surface area contributed by atoms with Gasteiger partial charge >= 0.3 is 0 Å². The maximum atomic E-state index is 13.4. The number of hydrogen-bond acceptors (Lipinski definition) is 5. The summed E-state index contributed by atoms with van der Waals surface area (Å²) in [7, 11) is 1.57. The molecule has 2 fully saturated rings. The molecule has 0 bridgehead atoms. The number of amides is 2. The van der Waals surface area contributed by atoms with Crippen LogP contribution in [0.5, 0.6) is 11.5 Å². The minimum absolute atomic E-state index is 0.0451. The monoisotopic (exact) mass is 416 g/mol. The van der Waals surface area contributed by atoms with E-state index < -0.39 is 0 Å². The fourth-order valence-corrected chi connectivity index (χ4v) is 4.26. The summed E-state index contributed by atoms with van der Waals surface area (Å²) in [5.41, 5.74) is 0.466. The first-order valence-corrected chi connectivity index (χ1v) is 10.8. The Hall–Kier alpha value is -2.57. The van der Waals surface area contributed by atoms with Gasteiger partial charge in [-0.15, -0.1) is 0 Å². The average Bonchev–Trinajstić information content (AvgIpc) is 2.78. The lowest BCUT2D eigenvalue weighted by Gasteiger charge is -2.34. The molecular weight excluding hydrogens is 384 g/mol. The van der Waals surface area contributed by atoms with E-state index >= 15 is 0 Å². The first-order chi connectivity index (χ1) is 14.4. The molecule has 0 radical (unpaired) electrons. The first kappa shape index (κ1) is 22.1. The van der Waals surface area contributed by atoms with E-state index in [0.29, 0.717) is 49.7 Å². The molecular formula is C23H32N2O5. The van der Waals surface area contributed by atoms with E-state index in [1.54, 1.807) is 37.1 Å². The molecule has 164 valence electrons. The Labute approximate surface area is 178 Å². The zero-order chi connectivity index (χ0) is 21.7. The van der Waals surface area contributed by atoms with Gasteiger partial charge in [0.2, 0.25) is 5.91 Å². The summed E-state index contributed by atoms with van der Waals surface area (Å²) in [4.78, 5) is 40.6. The number of methoxy groups -OCH3 is 1. The minimum atomic E-state index is -0.126. The molecule has 0 unspecified atom stereocenters. The van der Waals surface area contributed by atoms with Gasteiger partial charge in [0.05, 0.1) is 12.7 Å². The lowest BCUT2D eigenvalue weighted by Crippen LogP contribution is -2.43. The highest BCUT2D eigenvalue weighted by molar-refractivity contribution is 5.98. The number of piperidine rings is 2. The molecule has 2 aliphatic heterocycles. The number of nitrogens with zero attached hydrogens (tertiary/aromatic N) is 2. The normalized spacial score (nSPS) is 20.0. The van der Waals surface area contributed by atoms with Crippen molar-refractivity contribution in [3.8, 4) is 11.5 Å². The van der Waals surface area contributed by atoms with Crippen LogP contribution < -0.4 is 9.47 Å². The molecule has 0 aromatic heterocycles. The van der Waals surface area contributed by atoms with Crippen LogP contribution in [0.1, 0.15) is 56.3 Å². The maximum absolute atomic E-state index is 13.4. The third-order valence-corrected chi connectivity index (χ3v) is 6.11. The van der Waals surface area contributed by atoms with Crippen LogP contribution in [0.15, 0.2) is 18.2 Å². The SMILES string of the molecule is CCC(=O)[C@@H]1CCCN(C(=O)c2cc(OC)ccc2OC2CCN(C(C)=O)CC2)C1. The van der Waals surface area contributed by atoms with Crippen molar-refractivity contribution in [1.29, 1.82) is 0 Å². The van der Waals surface area contributed by atoms with E-state index in [9.17, 15) is 14.4 Å². The van der Waals surface area contributed by atoms with E-state index in [1.165, 1.54) is 0 Å². The van der Waals surface area contributed by atoms with Gasteiger partial charge in [-0.2, -0.15) is 0 Å². The predicted molar refractivity (Wildman–Crippen MR) is 113 cm³/mol. The molecule has 2 amide bonds. The number of ketones is 1. The van der Waals surface area contributed by atoms with Gasteiger partial charge in [-0.1, -0.05) is 6.92 Å². The van der Waals surface area contributed by atoms with E-state index in [4.69, 9.17) is 9.47 Å². The first-order valence-electron chi connectivity index (χ1n) is 10.8. The third kappa shape index (κ3) is 5.12. The average molecular weight is 417 g/mol. The highest BCUT2D eigenvalue weighted by Gasteiger charge is 2.30. The Bertz CT molecular complexity index is 786. The molecule has 2 saturated heterocycles. The van der Waals surface area contributed by atoms with Gasteiger partial charge in [0.15, 0.2) is 0 Å². The molecule has 7 nitrogen and oxygen atoms in total. The predicted octanol–water partition coefficient (Wildman–Crippen LogP) is 2.92. The second-order valence-corrected chi connectivity index (χ2v) is 8.10. The van der Waals surface area contributed by atoms with Crippen LogP contribution in [0.4, 0.5) is 0 Å². The lowest BCUT2D eigenvalue weighted by molar-refractivity contribution is -0.130. The topological polar surface area (TPSA) is 76.2 Å². The van der Waals surface area contributed by atoms with Gasteiger partial charge < -0.3 is 19.3 Å². The van der Waals surface area contributed by atoms with Gasteiger partial charge in [-0.3, -0.25) is 14.4 Å². The fourth-order valence-electron chi connectivity index (χ4n) is 4.26.